The summed E-state index contributed by atoms with van der Waals surface area (Å²) in [6.45, 7) is 7.76. The molecule has 4 N–H and O–H groups in total. The van der Waals surface area contributed by atoms with Crippen molar-refractivity contribution < 1.29 is 28.6 Å². The fourth-order valence-corrected chi connectivity index (χ4v) is 6.62. The summed E-state index contributed by atoms with van der Waals surface area (Å²) >= 11 is 0. The zero-order valence-corrected chi connectivity index (χ0v) is 22.3. The number of primary amides is 1. The van der Waals surface area contributed by atoms with Crippen molar-refractivity contribution in [3.8, 4) is 5.88 Å². The van der Waals surface area contributed by atoms with Gasteiger partial charge in [-0.15, -0.1) is 0 Å². The van der Waals surface area contributed by atoms with Crippen LogP contribution in [0.3, 0.4) is 0 Å². The van der Waals surface area contributed by atoms with Gasteiger partial charge in [-0.3, -0.25) is 4.79 Å². The zero-order chi connectivity index (χ0) is 27.0. The molecule has 0 aliphatic heterocycles. The highest BCUT2D eigenvalue weighted by atomic mass is 16.5. The van der Waals surface area contributed by atoms with Crippen molar-refractivity contribution in [2.75, 3.05) is 13.7 Å². The van der Waals surface area contributed by atoms with Crippen molar-refractivity contribution >= 4 is 24.3 Å². The average molecular weight is 518 g/mol. The number of amides is 3. The van der Waals surface area contributed by atoms with E-state index < -0.39 is 17.7 Å². The number of ether oxygens (including phenoxy) is 3. The molecule has 4 bridgehead atoms. The number of carbonyl (C=O) groups is 3. The van der Waals surface area contributed by atoms with E-state index in [0.29, 0.717) is 35.8 Å². The van der Waals surface area contributed by atoms with Crippen LogP contribution >= 0.6 is 0 Å². The number of nitrogens with two attached hydrogens (primary N) is 1. The molecule has 37 heavy (non-hydrogen) atoms. The first-order valence-electron chi connectivity index (χ1n) is 12.9. The molecule has 1 heterocycles. The molecule has 11 heteroatoms. The van der Waals surface area contributed by atoms with Crippen molar-refractivity contribution in [2.45, 2.75) is 77.5 Å². The van der Waals surface area contributed by atoms with E-state index in [2.05, 4.69) is 20.5 Å². The fourth-order valence-electron chi connectivity index (χ4n) is 6.62. The maximum Gasteiger partial charge on any atom is 0.407 e. The zero-order valence-electron chi connectivity index (χ0n) is 22.3. The molecule has 0 aromatic carbocycles. The Kier molecular flexibility index (Phi) is 7.43. The number of methoxy groups -OCH3 is 1. The summed E-state index contributed by atoms with van der Waals surface area (Å²) in [6.07, 6.45) is 8.49. The molecule has 0 radical (unpaired) electrons. The average Bonchev–Trinajstić information content (AvgIpc) is 3.20. The van der Waals surface area contributed by atoms with Crippen LogP contribution < -0.4 is 21.1 Å². The van der Waals surface area contributed by atoms with Gasteiger partial charge >= 0.3 is 12.2 Å². The van der Waals surface area contributed by atoms with E-state index in [9.17, 15) is 14.4 Å². The quantitative estimate of drug-likeness (QED) is 0.455. The number of rotatable bonds is 9. The third-order valence-electron chi connectivity index (χ3n) is 7.80. The van der Waals surface area contributed by atoms with Gasteiger partial charge in [0.1, 0.15) is 5.56 Å². The Morgan fingerprint density at radius 2 is 1.92 bits per heavy atom. The van der Waals surface area contributed by atoms with Crippen LogP contribution in [0.1, 0.15) is 70.2 Å². The number of alkyl carbamates (subject to hydrolysis) is 1. The molecular weight excluding hydrogens is 478 g/mol. The van der Waals surface area contributed by atoms with Gasteiger partial charge in [-0.05, 0) is 83.6 Å². The highest BCUT2D eigenvalue weighted by Crippen LogP contribution is 2.60. The Bertz CT molecular complexity index is 1050. The second-order valence-electron chi connectivity index (χ2n) is 11.7. The van der Waals surface area contributed by atoms with Gasteiger partial charge in [0, 0.05) is 17.7 Å². The van der Waals surface area contributed by atoms with Crippen molar-refractivity contribution in [2.24, 2.45) is 28.9 Å². The minimum Gasteiger partial charge on any atom is -0.474 e. The van der Waals surface area contributed by atoms with E-state index in [-0.39, 0.29) is 23.5 Å². The lowest BCUT2D eigenvalue weighted by Gasteiger charge is -2.59. The third kappa shape index (κ3) is 6.02. The van der Waals surface area contributed by atoms with E-state index >= 15 is 0 Å². The van der Waals surface area contributed by atoms with Gasteiger partial charge in [0.05, 0.1) is 31.6 Å². The van der Waals surface area contributed by atoms with E-state index in [1.165, 1.54) is 18.0 Å². The van der Waals surface area contributed by atoms with Gasteiger partial charge in [0.15, 0.2) is 0 Å². The van der Waals surface area contributed by atoms with Crippen LogP contribution in [0.4, 0.5) is 9.59 Å². The van der Waals surface area contributed by atoms with Crippen LogP contribution in [0.15, 0.2) is 12.3 Å². The summed E-state index contributed by atoms with van der Waals surface area (Å²) in [6, 6.07) is 0.0553. The number of hydrogen-bond donors (Lipinski definition) is 3. The standard InChI is InChI=1S/C26H39N5O6/c1-15(2)37-22-19(13-28-31(22)7-6-25(3,4)30-24(34)35-5)21(32)29-20-17-8-16-9-18(20)12-26(10-16,11-17)14-36-23(27)33/h6-7,13,15-18,20H,8-12,14H2,1-5H3,(H2,27,33)(H,29,32)(H,30,34)/b7-6+/t16?,17?,18?,20-,26-. The van der Waals surface area contributed by atoms with Crippen molar-refractivity contribution in [3.63, 3.8) is 0 Å². The van der Waals surface area contributed by atoms with Crippen LogP contribution in [0, 0.1) is 23.2 Å². The monoisotopic (exact) mass is 517 g/mol. The maximum absolute atomic E-state index is 13.5. The van der Waals surface area contributed by atoms with Gasteiger partial charge < -0.3 is 30.6 Å². The molecule has 3 amide bonds. The molecule has 204 valence electrons. The van der Waals surface area contributed by atoms with Crippen LogP contribution in [0.2, 0.25) is 0 Å². The van der Waals surface area contributed by atoms with Gasteiger partial charge in [0.25, 0.3) is 5.91 Å². The van der Waals surface area contributed by atoms with Crippen LogP contribution in [-0.4, -0.2) is 59.3 Å². The molecule has 4 fully saturated rings. The van der Waals surface area contributed by atoms with E-state index in [1.807, 2.05) is 27.7 Å². The molecule has 0 saturated heterocycles. The number of carbonyl (C=O) groups excluding carboxylic acids is 3. The molecule has 1 aromatic heterocycles. The highest BCUT2D eigenvalue weighted by molar-refractivity contribution is 5.96. The topological polar surface area (TPSA) is 147 Å². The number of nitrogens with zero attached hydrogens (tertiary/aromatic N) is 2. The fraction of sp³-hybridized carbons (Fsp3) is 0.692. The lowest BCUT2D eigenvalue weighted by Crippen LogP contribution is -2.60. The molecule has 2 unspecified atom stereocenters. The first-order chi connectivity index (χ1) is 17.4. The lowest BCUT2D eigenvalue weighted by molar-refractivity contribution is -0.0977. The van der Waals surface area contributed by atoms with Crippen molar-refractivity contribution in [3.05, 3.63) is 17.8 Å². The molecule has 4 aliphatic rings. The second kappa shape index (κ2) is 10.3. The summed E-state index contributed by atoms with van der Waals surface area (Å²) in [7, 11) is 1.31. The predicted octanol–water partition coefficient (Wildman–Crippen LogP) is 3.30. The Hall–Kier alpha value is -3.24. The van der Waals surface area contributed by atoms with E-state index in [1.54, 1.807) is 12.3 Å². The third-order valence-corrected chi connectivity index (χ3v) is 7.80. The van der Waals surface area contributed by atoms with E-state index in [0.717, 1.165) is 32.1 Å². The largest absolute Gasteiger partial charge is 0.474 e. The minimum atomic E-state index is -0.728. The number of hydrogen-bond acceptors (Lipinski definition) is 7. The maximum atomic E-state index is 13.5. The van der Waals surface area contributed by atoms with Gasteiger partial charge in [-0.1, -0.05) is 0 Å². The number of aromatic nitrogens is 2. The van der Waals surface area contributed by atoms with Crippen molar-refractivity contribution in [1.29, 1.82) is 0 Å². The first kappa shape index (κ1) is 26.8. The SMILES string of the molecule is COC(=O)NC(C)(C)/C=C/n1ncc(C(=O)N[C@H]2C3CC4CC2C[C@](COC(N)=O)(C4)C3)c1OC(C)C. The minimum absolute atomic E-state index is 0.0284. The smallest absolute Gasteiger partial charge is 0.407 e. The molecule has 11 nitrogen and oxygen atoms in total. The Labute approximate surface area is 217 Å². The molecule has 5 rings (SSSR count). The predicted molar refractivity (Wildman–Crippen MR) is 136 cm³/mol. The van der Waals surface area contributed by atoms with Crippen LogP contribution in [-0.2, 0) is 9.47 Å². The molecule has 2 atom stereocenters. The molecule has 0 spiro atoms. The lowest BCUT2D eigenvalue weighted by atomic mass is 9.48. The molecule has 1 aromatic rings. The summed E-state index contributed by atoms with van der Waals surface area (Å²) in [5.41, 5.74) is 4.85. The Morgan fingerprint density at radius 1 is 1.24 bits per heavy atom. The number of nitrogens with one attached hydrogen (secondary N) is 2. The van der Waals surface area contributed by atoms with E-state index in [4.69, 9.17) is 15.2 Å². The van der Waals surface area contributed by atoms with Crippen LogP contribution in [0.25, 0.3) is 6.20 Å². The molecular formula is C26H39N5O6. The summed E-state index contributed by atoms with van der Waals surface area (Å²) in [4.78, 5) is 36.4. The van der Waals surface area contributed by atoms with Gasteiger partial charge in [-0.25, -0.2) is 14.3 Å². The highest BCUT2D eigenvalue weighted by Gasteiger charge is 2.56. The molecule has 4 aliphatic carbocycles. The Morgan fingerprint density at radius 3 is 2.51 bits per heavy atom. The Balaban J connectivity index is 1.49. The normalized spacial score (nSPS) is 28.4. The first-order valence-corrected chi connectivity index (χ1v) is 12.9. The van der Waals surface area contributed by atoms with Crippen molar-refractivity contribution in [1.82, 2.24) is 20.4 Å². The summed E-state index contributed by atoms with van der Waals surface area (Å²) < 4.78 is 17.4. The van der Waals surface area contributed by atoms with Gasteiger partial charge in [0.2, 0.25) is 5.88 Å². The van der Waals surface area contributed by atoms with Crippen LogP contribution in [0.5, 0.6) is 5.88 Å². The molecule has 4 saturated carbocycles. The van der Waals surface area contributed by atoms with Gasteiger partial charge in [-0.2, -0.15) is 5.10 Å². The summed E-state index contributed by atoms with van der Waals surface area (Å²) in [5, 5.41) is 10.4. The summed E-state index contributed by atoms with van der Waals surface area (Å²) in [5.74, 6) is 1.38. The second-order valence-corrected chi connectivity index (χ2v) is 11.7.